The average Bonchev–Trinajstić information content (AvgIpc) is 3.20. The molecule has 0 bridgehead atoms. The van der Waals surface area contributed by atoms with Crippen molar-refractivity contribution in [2.75, 3.05) is 52.3 Å². The number of ketones is 1. The zero-order chi connectivity index (χ0) is 34.2. The Morgan fingerprint density at radius 2 is 1.96 bits per heavy atom. The van der Waals surface area contributed by atoms with E-state index in [1.165, 1.54) is 22.4 Å². The predicted molar refractivity (Wildman–Crippen MR) is 186 cm³/mol. The standard InChI is InChI=1S/C35H47ClN4O6S/c1-6-9-24-18-28(36)13-15-29(24)27-21-40(20-26-11-14-30(26)32(42)10-7-8-17-39(5)23(2)41)31-19-25(12-16-33(31)46-22-27)34(43)35(44)37-47(45)38(3)4/h7,10,12-13,15-16,18-19,26-27,30,34,43H,6,8-9,11,14,17,20-22H2,1-5H3,(H,37,44)/b10-7+. The molecular weight excluding hydrogens is 640 g/mol. The van der Waals surface area contributed by atoms with E-state index in [0.29, 0.717) is 49.0 Å². The van der Waals surface area contributed by atoms with E-state index in [9.17, 15) is 24.0 Å². The molecule has 1 saturated carbocycles. The molecule has 2 aromatic rings. The van der Waals surface area contributed by atoms with Crippen LogP contribution in [0.4, 0.5) is 5.69 Å². The van der Waals surface area contributed by atoms with Gasteiger partial charge in [-0.05, 0) is 78.6 Å². The number of aliphatic hydroxyl groups excluding tert-OH is 1. The lowest BCUT2D eigenvalue weighted by atomic mass is 9.71. The van der Waals surface area contributed by atoms with Gasteiger partial charge in [-0.3, -0.25) is 14.4 Å². The number of ether oxygens (including phenoxy) is 1. The fraction of sp³-hybridized carbons (Fsp3) is 0.514. The van der Waals surface area contributed by atoms with Gasteiger partial charge in [-0.25, -0.2) is 0 Å². The maximum absolute atomic E-state index is 13.2. The minimum absolute atomic E-state index is 0.00721. The first kappa shape index (κ1) is 36.7. The molecule has 12 heteroatoms. The van der Waals surface area contributed by atoms with Crippen LogP contribution in [0, 0.1) is 11.8 Å². The first-order valence-electron chi connectivity index (χ1n) is 16.2. The van der Waals surface area contributed by atoms with Gasteiger partial charge < -0.3 is 24.2 Å². The largest absolute Gasteiger partial charge is 0.573 e. The fourth-order valence-electron chi connectivity index (χ4n) is 6.08. The highest BCUT2D eigenvalue weighted by molar-refractivity contribution is 7.87. The third kappa shape index (κ3) is 9.51. The number of rotatable bonds is 14. The third-order valence-electron chi connectivity index (χ3n) is 9.04. The molecule has 4 rings (SSSR count). The third-order valence-corrected chi connectivity index (χ3v) is 10.3. The summed E-state index contributed by atoms with van der Waals surface area (Å²) in [4.78, 5) is 41.3. The van der Waals surface area contributed by atoms with Crippen molar-refractivity contribution in [1.29, 1.82) is 0 Å². The number of hydrogen-bond acceptors (Lipinski definition) is 8. The van der Waals surface area contributed by atoms with E-state index in [-0.39, 0.29) is 29.4 Å². The number of nitrogens with one attached hydrogen (secondary N) is 1. The second kappa shape index (κ2) is 16.8. The van der Waals surface area contributed by atoms with E-state index >= 15 is 0 Å². The smallest absolute Gasteiger partial charge is 0.296 e. The molecular formula is C35H47ClN4O6S. The molecule has 1 heterocycles. The van der Waals surface area contributed by atoms with E-state index in [0.717, 1.165) is 31.4 Å². The molecule has 47 heavy (non-hydrogen) atoms. The summed E-state index contributed by atoms with van der Waals surface area (Å²) < 4.78 is 22.2. The summed E-state index contributed by atoms with van der Waals surface area (Å²) in [6.45, 7) is 5.84. The van der Waals surface area contributed by atoms with Gasteiger partial charge in [-0.2, -0.15) is 4.72 Å². The molecule has 0 aromatic heterocycles. The number of hydrogen-bond donors (Lipinski definition) is 2. The number of aliphatic hydroxyl groups is 1. The van der Waals surface area contributed by atoms with Crippen molar-refractivity contribution in [3.63, 3.8) is 0 Å². The number of allylic oxidation sites excluding steroid dienone is 1. The summed E-state index contributed by atoms with van der Waals surface area (Å²) >= 11 is 4.60. The quantitative estimate of drug-likeness (QED) is 0.219. The van der Waals surface area contributed by atoms with E-state index < -0.39 is 23.6 Å². The molecule has 2 amide bonds. The highest BCUT2D eigenvalue weighted by Gasteiger charge is 2.38. The van der Waals surface area contributed by atoms with Gasteiger partial charge in [-0.15, -0.1) is 4.31 Å². The Balaban J connectivity index is 1.60. The Morgan fingerprint density at radius 3 is 2.62 bits per heavy atom. The maximum Gasteiger partial charge on any atom is 0.296 e. The normalized spacial score (nSPS) is 20.5. The van der Waals surface area contributed by atoms with Gasteiger partial charge in [0.1, 0.15) is 5.75 Å². The molecule has 2 N–H and O–H groups in total. The Kier molecular flexibility index (Phi) is 13.2. The van der Waals surface area contributed by atoms with E-state index in [2.05, 4.69) is 22.6 Å². The van der Waals surface area contributed by atoms with Crippen molar-refractivity contribution in [3.8, 4) is 5.75 Å². The van der Waals surface area contributed by atoms with Gasteiger partial charge in [0.15, 0.2) is 23.4 Å². The van der Waals surface area contributed by atoms with Crippen molar-refractivity contribution >= 4 is 46.4 Å². The van der Waals surface area contributed by atoms with Crippen LogP contribution >= 0.6 is 11.6 Å². The molecule has 256 valence electrons. The Hall–Kier alpha value is -3.09. The van der Waals surface area contributed by atoms with E-state index in [1.807, 2.05) is 18.2 Å². The molecule has 1 aliphatic heterocycles. The van der Waals surface area contributed by atoms with Crippen molar-refractivity contribution in [3.05, 3.63) is 70.3 Å². The van der Waals surface area contributed by atoms with Crippen LogP contribution < -0.4 is 14.4 Å². The van der Waals surface area contributed by atoms with Crippen LogP contribution in [-0.2, 0) is 32.4 Å². The van der Waals surface area contributed by atoms with Gasteiger partial charge >= 0.3 is 0 Å². The molecule has 10 nitrogen and oxygen atoms in total. The number of carbonyl (C=O) groups is 3. The van der Waals surface area contributed by atoms with Crippen LogP contribution in [0.3, 0.4) is 0 Å². The Morgan fingerprint density at radius 1 is 1.19 bits per heavy atom. The number of halogens is 1. The monoisotopic (exact) mass is 686 g/mol. The van der Waals surface area contributed by atoms with Crippen molar-refractivity contribution in [2.24, 2.45) is 11.8 Å². The summed E-state index contributed by atoms with van der Waals surface area (Å²) in [5.41, 5.74) is 3.43. The molecule has 5 unspecified atom stereocenters. The first-order valence-corrected chi connectivity index (χ1v) is 17.7. The van der Waals surface area contributed by atoms with Gasteiger partial charge in [0.2, 0.25) is 5.91 Å². The second-order valence-corrected chi connectivity index (χ2v) is 14.5. The SMILES string of the molecule is CCCc1cc(Cl)ccc1C1COc2ccc(C(O)C(=O)N[S+]([O-])N(C)C)cc2N(CC2CCC2C(=O)/C=C/CCN(C)C(C)=O)C1. The highest BCUT2D eigenvalue weighted by Crippen LogP contribution is 2.42. The number of aryl methyl sites for hydroxylation is 1. The maximum atomic E-state index is 13.2. The predicted octanol–water partition coefficient (Wildman–Crippen LogP) is 4.58. The number of benzene rings is 2. The number of fused-ring (bicyclic) bond motifs is 1. The number of anilines is 1. The number of carbonyl (C=O) groups excluding carboxylic acids is 3. The molecule has 2 aromatic carbocycles. The summed E-state index contributed by atoms with van der Waals surface area (Å²) in [5, 5.41) is 11.6. The molecule has 2 aliphatic rings. The van der Waals surface area contributed by atoms with Crippen LogP contribution in [0.15, 0.2) is 48.6 Å². The summed E-state index contributed by atoms with van der Waals surface area (Å²) in [6, 6.07) is 11.2. The van der Waals surface area contributed by atoms with Gasteiger partial charge in [0.25, 0.3) is 5.91 Å². The van der Waals surface area contributed by atoms with E-state index in [4.69, 9.17) is 16.3 Å². The zero-order valence-corrected chi connectivity index (χ0v) is 29.5. The molecule has 0 saturated heterocycles. The summed E-state index contributed by atoms with van der Waals surface area (Å²) in [5.74, 6) is -0.0623. The van der Waals surface area contributed by atoms with Crippen molar-refractivity contribution in [1.82, 2.24) is 13.9 Å². The molecule has 1 fully saturated rings. The van der Waals surface area contributed by atoms with Crippen molar-refractivity contribution in [2.45, 2.75) is 58.0 Å². The molecule has 0 radical (unpaired) electrons. The number of nitrogens with zero attached hydrogens (tertiary/aromatic N) is 3. The van der Waals surface area contributed by atoms with Gasteiger partial charge in [-0.1, -0.05) is 43.2 Å². The lowest BCUT2D eigenvalue weighted by Gasteiger charge is -2.40. The molecule has 0 spiro atoms. The fourth-order valence-corrected chi connectivity index (χ4v) is 6.74. The average molecular weight is 687 g/mol. The minimum Gasteiger partial charge on any atom is -0.573 e. The Bertz CT molecular complexity index is 1460. The summed E-state index contributed by atoms with van der Waals surface area (Å²) in [7, 11) is 4.86. The van der Waals surface area contributed by atoms with Crippen LogP contribution in [0.25, 0.3) is 0 Å². The second-order valence-electron chi connectivity index (χ2n) is 12.6. The summed E-state index contributed by atoms with van der Waals surface area (Å²) in [6.07, 6.45) is 6.13. The molecule has 1 aliphatic carbocycles. The zero-order valence-electron chi connectivity index (χ0n) is 27.9. The lowest BCUT2D eigenvalue weighted by molar-refractivity contribution is -0.128. The number of amides is 2. The van der Waals surface area contributed by atoms with Crippen molar-refractivity contribution < 1.29 is 28.8 Å². The van der Waals surface area contributed by atoms with Crippen LogP contribution in [-0.4, -0.2) is 83.8 Å². The highest BCUT2D eigenvalue weighted by atomic mass is 35.5. The van der Waals surface area contributed by atoms with Crippen LogP contribution in [0.1, 0.15) is 68.2 Å². The van der Waals surface area contributed by atoms with Crippen LogP contribution in [0.2, 0.25) is 5.02 Å². The van der Waals surface area contributed by atoms with Gasteiger partial charge in [0, 0.05) is 64.6 Å². The topological polar surface area (TPSA) is 125 Å². The van der Waals surface area contributed by atoms with Crippen LogP contribution in [0.5, 0.6) is 5.75 Å². The molecule has 5 atom stereocenters. The first-order chi connectivity index (χ1) is 22.4. The lowest BCUT2D eigenvalue weighted by Crippen LogP contribution is -2.43. The minimum atomic E-state index is -1.78. The Labute approximate surface area is 286 Å². The van der Waals surface area contributed by atoms with E-state index in [1.54, 1.807) is 50.3 Å². The van der Waals surface area contributed by atoms with Gasteiger partial charge in [0.05, 0.1) is 12.3 Å².